The highest BCUT2D eigenvalue weighted by atomic mass is 32.1. The summed E-state index contributed by atoms with van der Waals surface area (Å²) in [5.74, 6) is 1.34. The third-order valence-corrected chi connectivity index (χ3v) is 6.18. The molecule has 0 aliphatic heterocycles. The Hall–Kier alpha value is -1.42. The van der Waals surface area contributed by atoms with E-state index in [1.165, 1.54) is 23.4 Å². The average Bonchev–Trinajstić information content (AvgIpc) is 2.90. The number of aryl methyl sites for hydroxylation is 1. The summed E-state index contributed by atoms with van der Waals surface area (Å²) in [7, 11) is 0. The molecule has 3 nitrogen and oxygen atoms in total. The van der Waals surface area contributed by atoms with Crippen LogP contribution in [0.1, 0.15) is 44.2 Å². The third kappa shape index (κ3) is 2.69. The minimum Gasteiger partial charge on any atom is -0.383 e. The van der Waals surface area contributed by atoms with E-state index >= 15 is 0 Å². The molecule has 1 aliphatic rings. The molecule has 0 aromatic carbocycles. The van der Waals surface area contributed by atoms with Crippen LogP contribution < -0.4 is 5.73 Å². The molecular formula is C17H23N3S. The summed E-state index contributed by atoms with van der Waals surface area (Å²) in [6, 6.07) is 3.94. The number of nitrogens with two attached hydrogens (primary N) is 1. The summed E-state index contributed by atoms with van der Waals surface area (Å²) in [4.78, 5) is 10.4. The number of fused-ring (bicyclic) bond motifs is 1. The number of nitrogens with zero attached hydrogens (tertiary/aromatic N) is 2. The zero-order valence-electron chi connectivity index (χ0n) is 13.0. The summed E-state index contributed by atoms with van der Waals surface area (Å²) < 4.78 is 0. The van der Waals surface area contributed by atoms with E-state index in [0.717, 1.165) is 29.3 Å². The van der Waals surface area contributed by atoms with Crippen LogP contribution in [-0.4, -0.2) is 9.97 Å². The fourth-order valence-corrected chi connectivity index (χ4v) is 4.27. The van der Waals surface area contributed by atoms with E-state index in [9.17, 15) is 0 Å². The van der Waals surface area contributed by atoms with Gasteiger partial charge in [-0.05, 0) is 42.7 Å². The van der Waals surface area contributed by atoms with Gasteiger partial charge in [-0.2, -0.15) is 0 Å². The first kappa shape index (κ1) is 14.5. The van der Waals surface area contributed by atoms with E-state index in [4.69, 9.17) is 10.7 Å². The Labute approximate surface area is 130 Å². The van der Waals surface area contributed by atoms with E-state index in [1.807, 2.05) is 12.1 Å². The van der Waals surface area contributed by atoms with Crippen LogP contribution in [0, 0.1) is 11.3 Å². The molecule has 0 bridgehead atoms. The van der Waals surface area contributed by atoms with Crippen LogP contribution >= 0.6 is 11.3 Å². The molecular weight excluding hydrogens is 278 g/mol. The molecule has 2 heterocycles. The zero-order valence-corrected chi connectivity index (χ0v) is 13.8. The van der Waals surface area contributed by atoms with E-state index < -0.39 is 0 Å². The van der Waals surface area contributed by atoms with Crippen LogP contribution in [0.5, 0.6) is 0 Å². The van der Waals surface area contributed by atoms with E-state index in [-0.39, 0.29) is 0 Å². The lowest BCUT2D eigenvalue weighted by Crippen LogP contribution is -2.28. The van der Waals surface area contributed by atoms with Crippen molar-refractivity contribution in [3.8, 4) is 10.6 Å². The van der Waals surface area contributed by atoms with E-state index in [1.54, 1.807) is 17.5 Å². The molecule has 2 N–H and O–H groups in total. The Balaban J connectivity index is 1.90. The molecule has 0 saturated heterocycles. The molecule has 3 rings (SSSR count). The minimum atomic E-state index is 0.412. The highest BCUT2D eigenvalue weighted by molar-refractivity contribution is 7.15. The van der Waals surface area contributed by atoms with Crippen LogP contribution in [-0.2, 0) is 12.8 Å². The molecule has 4 heteroatoms. The smallest absolute Gasteiger partial charge is 0.133 e. The van der Waals surface area contributed by atoms with Gasteiger partial charge in [0.2, 0.25) is 0 Å². The monoisotopic (exact) mass is 301 g/mol. The largest absolute Gasteiger partial charge is 0.383 e. The minimum absolute atomic E-state index is 0.412. The lowest BCUT2D eigenvalue weighted by molar-refractivity contribution is 0.183. The van der Waals surface area contributed by atoms with Crippen molar-refractivity contribution in [1.29, 1.82) is 0 Å². The Bertz CT molecular complexity index is 645. The first-order valence-electron chi connectivity index (χ1n) is 7.70. The standard InChI is InChI=1S/C17H23N3S/c1-4-17(2,3)11-7-8-13-14(10-11)21-16(20-13)12-6-5-9-19-15(12)18/h5-6,9,11H,4,7-8,10H2,1-3H3,(H2,18,19). The first-order valence-corrected chi connectivity index (χ1v) is 8.52. The fraction of sp³-hybridized carbons (Fsp3) is 0.529. The summed E-state index contributed by atoms with van der Waals surface area (Å²) in [6.45, 7) is 7.08. The van der Waals surface area contributed by atoms with Gasteiger partial charge in [-0.25, -0.2) is 9.97 Å². The quantitative estimate of drug-likeness (QED) is 0.918. The molecule has 1 aliphatic carbocycles. The second-order valence-electron chi connectivity index (χ2n) is 6.61. The molecule has 0 radical (unpaired) electrons. The maximum absolute atomic E-state index is 5.98. The lowest BCUT2D eigenvalue weighted by atomic mass is 9.70. The number of hydrogen-bond donors (Lipinski definition) is 1. The summed E-state index contributed by atoms with van der Waals surface area (Å²) >= 11 is 1.80. The van der Waals surface area contributed by atoms with Crippen molar-refractivity contribution in [2.75, 3.05) is 5.73 Å². The molecule has 2 aromatic rings. The fourth-order valence-electron chi connectivity index (χ4n) is 3.04. The second kappa shape index (κ2) is 5.41. The van der Waals surface area contributed by atoms with Crippen molar-refractivity contribution in [2.24, 2.45) is 11.3 Å². The van der Waals surface area contributed by atoms with Crippen molar-refractivity contribution in [3.63, 3.8) is 0 Å². The van der Waals surface area contributed by atoms with E-state index in [2.05, 4.69) is 25.8 Å². The summed E-state index contributed by atoms with van der Waals surface area (Å²) in [5, 5.41) is 1.03. The number of pyridine rings is 1. The van der Waals surface area contributed by atoms with Crippen LogP contribution in [0.25, 0.3) is 10.6 Å². The number of thiazole rings is 1. The van der Waals surface area contributed by atoms with Gasteiger partial charge >= 0.3 is 0 Å². The second-order valence-corrected chi connectivity index (χ2v) is 7.69. The Morgan fingerprint density at radius 3 is 2.95 bits per heavy atom. The van der Waals surface area contributed by atoms with Gasteiger partial charge in [0, 0.05) is 11.1 Å². The number of anilines is 1. The van der Waals surface area contributed by atoms with Crippen molar-refractivity contribution in [2.45, 2.75) is 46.5 Å². The Kier molecular flexibility index (Phi) is 3.74. The Morgan fingerprint density at radius 2 is 2.24 bits per heavy atom. The predicted octanol–water partition coefficient (Wildman–Crippen LogP) is 4.33. The van der Waals surface area contributed by atoms with Crippen molar-refractivity contribution < 1.29 is 0 Å². The number of rotatable bonds is 3. The van der Waals surface area contributed by atoms with Crippen molar-refractivity contribution >= 4 is 17.2 Å². The third-order valence-electron chi connectivity index (χ3n) is 5.02. The molecule has 21 heavy (non-hydrogen) atoms. The van der Waals surface area contributed by atoms with Gasteiger partial charge in [0.05, 0.1) is 11.3 Å². The van der Waals surface area contributed by atoms with Crippen LogP contribution in [0.4, 0.5) is 5.82 Å². The van der Waals surface area contributed by atoms with E-state index in [0.29, 0.717) is 11.2 Å². The lowest BCUT2D eigenvalue weighted by Gasteiger charge is -2.35. The molecule has 0 amide bonds. The van der Waals surface area contributed by atoms with Crippen LogP contribution in [0.15, 0.2) is 18.3 Å². The van der Waals surface area contributed by atoms with Gasteiger partial charge < -0.3 is 5.73 Å². The average molecular weight is 301 g/mol. The summed E-state index contributed by atoms with van der Waals surface area (Å²) in [5.41, 5.74) is 8.65. The molecule has 2 aromatic heterocycles. The SMILES string of the molecule is CCC(C)(C)C1CCc2nc(-c3cccnc3N)sc2C1. The van der Waals surface area contributed by atoms with Gasteiger partial charge in [0.15, 0.2) is 0 Å². The molecule has 112 valence electrons. The molecule has 0 spiro atoms. The van der Waals surface area contributed by atoms with Gasteiger partial charge in [0.1, 0.15) is 10.8 Å². The van der Waals surface area contributed by atoms with Gasteiger partial charge in [-0.1, -0.05) is 27.2 Å². The first-order chi connectivity index (χ1) is 10.0. The molecule has 1 atom stereocenters. The number of nitrogen functional groups attached to an aromatic ring is 1. The summed E-state index contributed by atoms with van der Waals surface area (Å²) in [6.07, 6.45) is 6.47. The van der Waals surface area contributed by atoms with Crippen molar-refractivity contribution in [3.05, 3.63) is 28.9 Å². The molecule has 1 unspecified atom stereocenters. The van der Waals surface area contributed by atoms with Gasteiger partial charge in [0.25, 0.3) is 0 Å². The topological polar surface area (TPSA) is 51.8 Å². The molecule has 0 fully saturated rings. The number of hydrogen-bond acceptors (Lipinski definition) is 4. The highest BCUT2D eigenvalue weighted by Crippen LogP contribution is 2.42. The zero-order chi connectivity index (χ0) is 15.0. The van der Waals surface area contributed by atoms with Crippen LogP contribution in [0.3, 0.4) is 0 Å². The normalized spacial score (nSPS) is 18.5. The predicted molar refractivity (Wildman–Crippen MR) is 89.3 cm³/mol. The maximum atomic E-state index is 5.98. The molecule has 0 saturated carbocycles. The highest BCUT2D eigenvalue weighted by Gasteiger charge is 2.32. The van der Waals surface area contributed by atoms with Gasteiger partial charge in [-0.15, -0.1) is 11.3 Å². The Morgan fingerprint density at radius 1 is 1.43 bits per heavy atom. The van der Waals surface area contributed by atoms with Gasteiger partial charge in [-0.3, -0.25) is 0 Å². The van der Waals surface area contributed by atoms with Crippen molar-refractivity contribution in [1.82, 2.24) is 9.97 Å². The maximum Gasteiger partial charge on any atom is 0.133 e. The number of aromatic nitrogens is 2. The van der Waals surface area contributed by atoms with Crippen LogP contribution in [0.2, 0.25) is 0 Å².